The van der Waals surface area contributed by atoms with E-state index in [1.807, 2.05) is 27.7 Å². The second-order valence-electron chi connectivity index (χ2n) is 5.88. The maximum atomic E-state index is 6.41. The minimum absolute atomic E-state index is 0.177. The van der Waals surface area contributed by atoms with Gasteiger partial charge in [-0.1, -0.05) is 0 Å². The van der Waals surface area contributed by atoms with Crippen LogP contribution in [-0.2, 0) is 23.7 Å². The molecule has 3 rings (SSSR count). The van der Waals surface area contributed by atoms with E-state index in [1.165, 1.54) is 0 Å². The van der Waals surface area contributed by atoms with Gasteiger partial charge in [0.05, 0.1) is 12.0 Å². The molecule has 0 radical (unpaired) electrons. The van der Waals surface area contributed by atoms with Gasteiger partial charge >= 0.3 is 0 Å². The van der Waals surface area contributed by atoms with Crippen molar-refractivity contribution in [3.63, 3.8) is 0 Å². The summed E-state index contributed by atoms with van der Waals surface area (Å²) in [5.74, 6) is -1.22. The molecule has 0 spiro atoms. The maximum absolute atomic E-state index is 6.41. The second-order valence-corrected chi connectivity index (χ2v) is 6.38. The van der Waals surface area contributed by atoms with E-state index in [0.29, 0.717) is 6.61 Å². The number of hydrogen-bond donors (Lipinski definition) is 0. The molecule has 3 aliphatic rings. The molecule has 0 aliphatic carbocycles. The Hall–Kier alpha value is 0.0900. The first kappa shape index (κ1) is 13.1. The first-order valence-corrected chi connectivity index (χ1v) is 6.68. The molecule has 3 fully saturated rings. The third kappa shape index (κ3) is 2.17. The summed E-state index contributed by atoms with van der Waals surface area (Å²) in [6, 6.07) is 0. The van der Waals surface area contributed by atoms with Crippen LogP contribution in [-0.4, -0.2) is 48.2 Å². The molecular formula is C12H19ClO5. The van der Waals surface area contributed by atoms with Crippen LogP contribution in [0.15, 0.2) is 0 Å². The van der Waals surface area contributed by atoms with E-state index in [2.05, 4.69) is 0 Å². The van der Waals surface area contributed by atoms with Gasteiger partial charge in [0, 0.05) is 0 Å². The Kier molecular flexibility index (Phi) is 2.94. The summed E-state index contributed by atoms with van der Waals surface area (Å²) in [4.78, 5) is 0. The van der Waals surface area contributed by atoms with E-state index < -0.39 is 17.9 Å². The molecule has 6 heteroatoms. The Morgan fingerprint density at radius 1 is 0.944 bits per heavy atom. The molecule has 0 aromatic carbocycles. The van der Waals surface area contributed by atoms with Crippen molar-refractivity contribution in [3.05, 3.63) is 0 Å². The lowest BCUT2D eigenvalue weighted by molar-refractivity contribution is -0.220. The second kappa shape index (κ2) is 4.04. The zero-order valence-corrected chi connectivity index (χ0v) is 11.8. The number of fused-ring (bicyclic) bond motifs is 1. The monoisotopic (exact) mass is 278 g/mol. The highest BCUT2D eigenvalue weighted by Gasteiger charge is 2.57. The van der Waals surface area contributed by atoms with Gasteiger partial charge < -0.3 is 23.7 Å². The molecule has 3 saturated heterocycles. The molecule has 18 heavy (non-hydrogen) atoms. The zero-order valence-electron chi connectivity index (χ0n) is 11.0. The summed E-state index contributed by atoms with van der Waals surface area (Å²) >= 11 is 6.41. The van der Waals surface area contributed by atoms with E-state index in [-0.39, 0.29) is 23.7 Å². The van der Waals surface area contributed by atoms with Crippen LogP contribution >= 0.6 is 11.6 Å². The van der Waals surface area contributed by atoms with Crippen LogP contribution in [0.2, 0.25) is 0 Å². The minimum Gasteiger partial charge on any atom is -0.348 e. The largest absolute Gasteiger partial charge is 0.348 e. The van der Waals surface area contributed by atoms with Crippen molar-refractivity contribution in [1.82, 2.24) is 0 Å². The predicted octanol–water partition coefficient (Wildman–Crippen LogP) is 1.62. The van der Waals surface area contributed by atoms with Gasteiger partial charge in [-0.2, -0.15) is 0 Å². The van der Waals surface area contributed by atoms with Crippen LogP contribution < -0.4 is 0 Å². The van der Waals surface area contributed by atoms with Crippen molar-refractivity contribution in [3.8, 4) is 0 Å². The average molecular weight is 279 g/mol. The van der Waals surface area contributed by atoms with Gasteiger partial charge in [-0.05, 0) is 27.7 Å². The Bertz CT molecular complexity index is 345. The Balaban J connectivity index is 1.68. The van der Waals surface area contributed by atoms with Crippen LogP contribution in [0.5, 0.6) is 0 Å². The SMILES string of the molecule is CC1(C)O[C@H]2O[C@H]([C@H]3COC(C)(C)O3)[C@H](Cl)[C@H]2O1. The first-order chi connectivity index (χ1) is 8.27. The first-order valence-electron chi connectivity index (χ1n) is 6.24. The van der Waals surface area contributed by atoms with Crippen molar-refractivity contribution in [2.24, 2.45) is 0 Å². The number of alkyl halides is 1. The van der Waals surface area contributed by atoms with Gasteiger partial charge in [0.25, 0.3) is 0 Å². The summed E-state index contributed by atoms with van der Waals surface area (Å²) in [6.07, 6.45) is -1.11. The molecule has 104 valence electrons. The van der Waals surface area contributed by atoms with E-state index in [9.17, 15) is 0 Å². The van der Waals surface area contributed by atoms with Gasteiger partial charge in [0.15, 0.2) is 17.9 Å². The quantitative estimate of drug-likeness (QED) is 0.682. The van der Waals surface area contributed by atoms with Crippen molar-refractivity contribution >= 4 is 11.6 Å². The van der Waals surface area contributed by atoms with Crippen molar-refractivity contribution < 1.29 is 23.7 Å². The molecule has 0 unspecified atom stereocenters. The van der Waals surface area contributed by atoms with Crippen LogP contribution in [0.3, 0.4) is 0 Å². The third-order valence-electron chi connectivity index (χ3n) is 3.40. The molecule has 5 atom stereocenters. The van der Waals surface area contributed by atoms with Crippen LogP contribution in [0.25, 0.3) is 0 Å². The lowest BCUT2D eigenvalue weighted by Gasteiger charge is -2.26. The summed E-state index contributed by atoms with van der Waals surface area (Å²) in [6.45, 7) is 7.94. The number of ether oxygens (including phenoxy) is 5. The average Bonchev–Trinajstić information content (AvgIpc) is 2.81. The summed E-state index contributed by atoms with van der Waals surface area (Å²) < 4.78 is 28.5. The van der Waals surface area contributed by atoms with E-state index in [1.54, 1.807) is 0 Å². The molecule has 0 aromatic heterocycles. The molecule has 0 saturated carbocycles. The van der Waals surface area contributed by atoms with Gasteiger partial charge in [0.2, 0.25) is 0 Å². The Morgan fingerprint density at radius 3 is 2.22 bits per heavy atom. The zero-order chi connectivity index (χ0) is 13.1. The topological polar surface area (TPSA) is 46.2 Å². The lowest BCUT2D eigenvalue weighted by atomic mass is 10.1. The fourth-order valence-corrected chi connectivity index (χ4v) is 3.06. The molecule has 0 bridgehead atoms. The lowest BCUT2D eigenvalue weighted by Crippen LogP contribution is -2.39. The van der Waals surface area contributed by atoms with E-state index in [0.717, 1.165) is 0 Å². The number of halogens is 1. The van der Waals surface area contributed by atoms with Crippen LogP contribution in [0.1, 0.15) is 27.7 Å². The van der Waals surface area contributed by atoms with Gasteiger partial charge in [-0.3, -0.25) is 0 Å². The van der Waals surface area contributed by atoms with Crippen molar-refractivity contribution in [1.29, 1.82) is 0 Å². The number of hydrogen-bond acceptors (Lipinski definition) is 5. The number of rotatable bonds is 1. The summed E-state index contributed by atoms with van der Waals surface area (Å²) in [5.41, 5.74) is 0. The summed E-state index contributed by atoms with van der Waals surface area (Å²) in [7, 11) is 0. The maximum Gasteiger partial charge on any atom is 0.189 e. The molecule has 0 N–H and O–H groups in total. The fourth-order valence-electron chi connectivity index (χ4n) is 2.67. The molecule has 3 heterocycles. The Morgan fingerprint density at radius 2 is 1.67 bits per heavy atom. The minimum atomic E-state index is -0.639. The van der Waals surface area contributed by atoms with E-state index in [4.69, 9.17) is 35.3 Å². The molecule has 5 nitrogen and oxygen atoms in total. The molecule has 3 aliphatic heterocycles. The van der Waals surface area contributed by atoms with Crippen LogP contribution in [0, 0.1) is 0 Å². The molecular weight excluding hydrogens is 260 g/mol. The van der Waals surface area contributed by atoms with Gasteiger partial charge in [-0.15, -0.1) is 11.6 Å². The molecule has 0 aromatic rings. The van der Waals surface area contributed by atoms with Crippen LogP contribution in [0.4, 0.5) is 0 Å². The third-order valence-corrected chi connectivity index (χ3v) is 3.90. The highest BCUT2D eigenvalue weighted by Crippen LogP contribution is 2.42. The highest BCUT2D eigenvalue weighted by molar-refractivity contribution is 6.21. The highest BCUT2D eigenvalue weighted by atomic mass is 35.5. The predicted molar refractivity (Wildman–Crippen MR) is 63.2 cm³/mol. The molecule has 0 amide bonds. The van der Waals surface area contributed by atoms with Crippen molar-refractivity contribution in [2.45, 2.75) is 69.2 Å². The smallest absolute Gasteiger partial charge is 0.189 e. The van der Waals surface area contributed by atoms with Crippen molar-refractivity contribution in [2.75, 3.05) is 6.61 Å². The Labute approximate surface area is 112 Å². The fraction of sp³-hybridized carbons (Fsp3) is 1.00. The summed E-state index contributed by atoms with van der Waals surface area (Å²) in [5, 5.41) is -0.292. The van der Waals surface area contributed by atoms with E-state index >= 15 is 0 Å². The van der Waals surface area contributed by atoms with Gasteiger partial charge in [-0.25, -0.2) is 0 Å². The van der Waals surface area contributed by atoms with Gasteiger partial charge in [0.1, 0.15) is 18.3 Å². The standard InChI is InChI=1S/C12H19ClO5/c1-11(2)14-5-6(16-11)8-7(13)9-10(15-8)18-12(3,4)17-9/h6-10H,5H2,1-4H3/t6-,7+,8-,9-,10-/m1/s1. The normalized spacial score (nSPS) is 49.5.